The number of hydrogen-bond donors (Lipinski definition) is 2. The Bertz CT molecular complexity index is 747. The van der Waals surface area contributed by atoms with E-state index in [1.807, 2.05) is 18.7 Å². The second kappa shape index (κ2) is 8.71. The van der Waals surface area contributed by atoms with Gasteiger partial charge in [0, 0.05) is 56.2 Å². The van der Waals surface area contributed by atoms with E-state index in [2.05, 4.69) is 34.7 Å². The van der Waals surface area contributed by atoms with Crippen LogP contribution in [0.2, 0.25) is 0 Å². The monoisotopic (exact) mass is 388 g/mol. The lowest BCUT2D eigenvalue weighted by molar-refractivity contribution is -0.133. The first-order valence-electron chi connectivity index (χ1n) is 10.0. The Kier molecular flexibility index (Phi) is 6.31. The van der Waals surface area contributed by atoms with Crippen molar-refractivity contribution in [1.82, 2.24) is 15.5 Å². The van der Waals surface area contributed by atoms with Crippen molar-refractivity contribution in [3.05, 3.63) is 23.3 Å². The number of likely N-dealkylation sites (tertiary alicyclic amines) is 1. The van der Waals surface area contributed by atoms with Gasteiger partial charge in [-0.1, -0.05) is 13.8 Å². The van der Waals surface area contributed by atoms with E-state index in [1.54, 1.807) is 14.2 Å². The molecule has 1 aromatic rings. The molecule has 3 rings (SSSR count). The highest BCUT2D eigenvalue weighted by molar-refractivity contribution is 5.81. The maximum absolute atomic E-state index is 12.2. The number of rotatable bonds is 5. The summed E-state index contributed by atoms with van der Waals surface area (Å²) in [5.41, 5.74) is 2.22. The highest BCUT2D eigenvalue weighted by Crippen LogP contribution is 2.34. The van der Waals surface area contributed by atoms with E-state index < -0.39 is 0 Å². The fourth-order valence-electron chi connectivity index (χ4n) is 3.82. The summed E-state index contributed by atoms with van der Waals surface area (Å²) in [6.07, 6.45) is 2.04. The average Bonchev–Trinajstić information content (AvgIpc) is 3.28. The summed E-state index contributed by atoms with van der Waals surface area (Å²) in [5, 5.41) is 6.79. The SMILES string of the molecule is CN=C(NCc1cc2c(cc1OC)CC(C)O2)NC1CCN(C(=O)C(C)C)C1. The molecule has 2 unspecified atom stereocenters. The normalized spacial score (nSPS) is 21.5. The van der Waals surface area contributed by atoms with Crippen molar-refractivity contribution in [2.24, 2.45) is 10.9 Å². The van der Waals surface area contributed by atoms with Crippen molar-refractivity contribution in [2.45, 2.75) is 52.3 Å². The Morgan fingerprint density at radius 3 is 2.89 bits per heavy atom. The molecule has 0 aliphatic carbocycles. The molecular weight excluding hydrogens is 356 g/mol. The molecule has 1 saturated heterocycles. The first kappa shape index (κ1) is 20.3. The summed E-state index contributed by atoms with van der Waals surface area (Å²) in [6.45, 7) is 8.04. The summed E-state index contributed by atoms with van der Waals surface area (Å²) >= 11 is 0. The minimum absolute atomic E-state index is 0.0356. The van der Waals surface area contributed by atoms with E-state index in [-0.39, 0.29) is 24.0 Å². The number of benzene rings is 1. The van der Waals surface area contributed by atoms with Crippen LogP contribution in [-0.4, -0.2) is 56.2 Å². The van der Waals surface area contributed by atoms with Crippen LogP contribution in [0, 0.1) is 5.92 Å². The molecule has 2 aliphatic heterocycles. The zero-order valence-electron chi connectivity index (χ0n) is 17.5. The number of nitrogens with zero attached hydrogens (tertiary/aromatic N) is 2. The highest BCUT2D eigenvalue weighted by atomic mass is 16.5. The molecule has 2 N–H and O–H groups in total. The summed E-state index contributed by atoms with van der Waals surface area (Å²) < 4.78 is 11.4. The molecule has 0 bridgehead atoms. The number of carbonyl (C=O) groups is 1. The Labute approximate surface area is 167 Å². The van der Waals surface area contributed by atoms with Gasteiger partial charge >= 0.3 is 0 Å². The van der Waals surface area contributed by atoms with Gasteiger partial charge in [-0.05, 0) is 25.5 Å². The fraction of sp³-hybridized carbons (Fsp3) is 0.619. The first-order valence-corrected chi connectivity index (χ1v) is 10.0. The van der Waals surface area contributed by atoms with E-state index in [1.165, 1.54) is 5.56 Å². The molecule has 28 heavy (non-hydrogen) atoms. The number of nitrogens with one attached hydrogen (secondary N) is 2. The predicted molar refractivity (Wildman–Crippen MR) is 110 cm³/mol. The molecule has 2 atom stereocenters. The third-order valence-corrected chi connectivity index (χ3v) is 5.30. The number of carbonyl (C=O) groups excluding carboxylic acids is 1. The Hall–Kier alpha value is -2.44. The Balaban J connectivity index is 1.58. The van der Waals surface area contributed by atoms with E-state index in [0.29, 0.717) is 13.1 Å². The van der Waals surface area contributed by atoms with Gasteiger partial charge in [-0.3, -0.25) is 9.79 Å². The number of methoxy groups -OCH3 is 1. The van der Waals surface area contributed by atoms with Gasteiger partial charge in [0.05, 0.1) is 7.11 Å². The molecule has 154 valence electrons. The van der Waals surface area contributed by atoms with Gasteiger partial charge in [0.1, 0.15) is 17.6 Å². The van der Waals surface area contributed by atoms with Crippen molar-refractivity contribution in [3.8, 4) is 11.5 Å². The molecule has 0 saturated carbocycles. The molecule has 2 heterocycles. The lowest BCUT2D eigenvalue weighted by atomic mass is 10.1. The molecule has 7 nitrogen and oxygen atoms in total. The first-order chi connectivity index (χ1) is 13.4. The number of hydrogen-bond acceptors (Lipinski definition) is 4. The standard InChI is InChI=1S/C21H32N4O3/c1-13(2)20(26)25-7-6-17(12-25)24-21(22-4)23-11-16-10-19-15(8-14(3)28-19)9-18(16)27-5/h9-10,13-14,17H,6-8,11-12H2,1-5H3,(H2,22,23,24). The molecule has 1 fully saturated rings. The van der Waals surface area contributed by atoms with Gasteiger partial charge in [0.15, 0.2) is 5.96 Å². The topological polar surface area (TPSA) is 75.2 Å². The van der Waals surface area contributed by atoms with Crippen molar-refractivity contribution in [3.63, 3.8) is 0 Å². The number of guanidine groups is 1. The van der Waals surface area contributed by atoms with Gasteiger partial charge in [0.25, 0.3) is 0 Å². The third-order valence-electron chi connectivity index (χ3n) is 5.30. The van der Waals surface area contributed by atoms with Crippen LogP contribution in [0.1, 0.15) is 38.3 Å². The lowest BCUT2D eigenvalue weighted by Crippen LogP contribution is -2.45. The Morgan fingerprint density at radius 1 is 1.43 bits per heavy atom. The maximum atomic E-state index is 12.2. The van der Waals surface area contributed by atoms with Gasteiger partial charge in [-0.2, -0.15) is 0 Å². The highest BCUT2D eigenvalue weighted by Gasteiger charge is 2.28. The van der Waals surface area contributed by atoms with Gasteiger partial charge in [-0.15, -0.1) is 0 Å². The average molecular weight is 389 g/mol. The van der Waals surface area contributed by atoms with Crippen LogP contribution in [-0.2, 0) is 17.8 Å². The van der Waals surface area contributed by atoms with Crippen LogP contribution in [0.25, 0.3) is 0 Å². The number of amides is 1. The molecule has 7 heteroatoms. The summed E-state index contributed by atoms with van der Waals surface area (Å²) in [5.74, 6) is 2.76. The van der Waals surface area contributed by atoms with Crippen LogP contribution in [0.5, 0.6) is 11.5 Å². The molecule has 0 radical (unpaired) electrons. The second-order valence-electron chi connectivity index (χ2n) is 7.90. The van der Waals surface area contributed by atoms with Crippen molar-refractivity contribution < 1.29 is 14.3 Å². The van der Waals surface area contributed by atoms with Crippen LogP contribution in [0.15, 0.2) is 17.1 Å². The predicted octanol–water partition coefficient (Wildman–Crippen LogP) is 1.94. The summed E-state index contributed by atoms with van der Waals surface area (Å²) in [6, 6.07) is 4.33. The molecule has 1 amide bonds. The summed E-state index contributed by atoms with van der Waals surface area (Å²) in [7, 11) is 3.45. The lowest BCUT2D eigenvalue weighted by Gasteiger charge is -2.20. The van der Waals surface area contributed by atoms with Crippen molar-refractivity contribution in [2.75, 3.05) is 27.2 Å². The van der Waals surface area contributed by atoms with E-state index in [0.717, 1.165) is 42.4 Å². The third kappa shape index (κ3) is 4.51. The van der Waals surface area contributed by atoms with Crippen molar-refractivity contribution in [1.29, 1.82) is 0 Å². The minimum atomic E-state index is 0.0356. The van der Waals surface area contributed by atoms with E-state index in [4.69, 9.17) is 9.47 Å². The van der Waals surface area contributed by atoms with E-state index >= 15 is 0 Å². The van der Waals surface area contributed by atoms with Crippen LogP contribution < -0.4 is 20.1 Å². The van der Waals surface area contributed by atoms with Gasteiger partial charge in [0.2, 0.25) is 5.91 Å². The summed E-state index contributed by atoms with van der Waals surface area (Å²) in [4.78, 5) is 18.4. The molecule has 1 aromatic carbocycles. The van der Waals surface area contributed by atoms with Crippen molar-refractivity contribution >= 4 is 11.9 Å². The maximum Gasteiger partial charge on any atom is 0.225 e. The molecule has 0 spiro atoms. The number of aliphatic imine (C=N–C) groups is 1. The molecule has 0 aromatic heterocycles. The van der Waals surface area contributed by atoms with E-state index in [9.17, 15) is 4.79 Å². The smallest absolute Gasteiger partial charge is 0.225 e. The fourth-order valence-corrected chi connectivity index (χ4v) is 3.82. The quantitative estimate of drug-likeness (QED) is 0.596. The zero-order valence-corrected chi connectivity index (χ0v) is 17.5. The zero-order chi connectivity index (χ0) is 20.3. The van der Waals surface area contributed by atoms with Crippen LogP contribution in [0.4, 0.5) is 0 Å². The Morgan fingerprint density at radius 2 is 2.21 bits per heavy atom. The molecule has 2 aliphatic rings. The molecular formula is C21H32N4O3. The van der Waals surface area contributed by atoms with Gasteiger partial charge in [-0.25, -0.2) is 0 Å². The van der Waals surface area contributed by atoms with Crippen LogP contribution in [0.3, 0.4) is 0 Å². The second-order valence-corrected chi connectivity index (χ2v) is 7.90. The minimum Gasteiger partial charge on any atom is -0.496 e. The number of ether oxygens (including phenoxy) is 2. The van der Waals surface area contributed by atoms with Gasteiger partial charge < -0.3 is 25.0 Å². The largest absolute Gasteiger partial charge is 0.496 e. The van der Waals surface area contributed by atoms with Crippen LogP contribution >= 0.6 is 0 Å². The number of fused-ring (bicyclic) bond motifs is 1.